The number of carbonyl (C=O) groups excluding carboxylic acids is 1. The molecule has 1 fully saturated rings. The Balaban J connectivity index is 2.09. The van der Waals surface area contributed by atoms with Crippen LogP contribution >= 0.6 is 11.8 Å². The topological polar surface area (TPSA) is 53.2 Å². The van der Waals surface area contributed by atoms with Gasteiger partial charge < -0.3 is 9.88 Å². The zero-order valence-electron chi connectivity index (χ0n) is 10.7. The third-order valence-corrected chi connectivity index (χ3v) is 4.53. The lowest BCUT2D eigenvalue weighted by atomic mass is 10.1. The Morgan fingerprint density at radius 3 is 2.83 bits per heavy atom. The highest BCUT2D eigenvalue weighted by molar-refractivity contribution is 8.00. The van der Waals surface area contributed by atoms with Crippen LogP contribution in [0.5, 0.6) is 0 Å². The summed E-state index contributed by atoms with van der Waals surface area (Å²) in [6.45, 7) is 5.97. The number of pyridine rings is 1. The van der Waals surface area contributed by atoms with Crippen molar-refractivity contribution in [2.45, 2.75) is 25.0 Å². The molecule has 1 amide bonds. The fourth-order valence-electron chi connectivity index (χ4n) is 1.95. The van der Waals surface area contributed by atoms with Crippen molar-refractivity contribution < 1.29 is 4.79 Å². The van der Waals surface area contributed by atoms with Crippen LogP contribution in [0.3, 0.4) is 0 Å². The molecule has 1 N–H and O–H groups in total. The number of carbonyl (C=O) groups is 1. The van der Waals surface area contributed by atoms with Crippen LogP contribution in [0.25, 0.3) is 0 Å². The van der Waals surface area contributed by atoms with E-state index in [1.807, 2.05) is 16.7 Å². The van der Waals surface area contributed by atoms with Crippen LogP contribution in [0.2, 0.25) is 0 Å². The highest BCUT2D eigenvalue weighted by atomic mass is 32.2. The molecule has 0 unspecified atom stereocenters. The number of rotatable bonds is 1. The van der Waals surface area contributed by atoms with Gasteiger partial charge in [0.15, 0.2) is 0 Å². The Bertz CT molecular complexity index is 476. The van der Waals surface area contributed by atoms with E-state index in [9.17, 15) is 9.59 Å². The van der Waals surface area contributed by atoms with E-state index in [1.165, 1.54) is 12.3 Å². The minimum absolute atomic E-state index is 0.00421. The summed E-state index contributed by atoms with van der Waals surface area (Å²) in [6.07, 6.45) is 2.49. The molecule has 0 aliphatic carbocycles. The van der Waals surface area contributed by atoms with Crippen molar-refractivity contribution in [3.8, 4) is 0 Å². The number of nitrogens with zero attached hydrogens (tertiary/aromatic N) is 1. The molecule has 1 aliphatic heterocycles. The smallest absolute Gasteiger partial charge is 0.255 e. The summed E-state index contributed by atoms with van der Waals surface area (Å²) in [7, 11) is 0. The van der Waals surface area contributed by atoms with Gasteiger partial charge in [0, 0.05) is 35.9 Å². The fourth-order valence-corrected chi connectivity index (χ4v) is 3.05. The van der Waals surface area contributed by atoms with Gasteiger partial charge in [0.1, 0.15) is 0 Å². The Hall–Kier alpha value is -1.23. The van der Waals surface area contributed by atoms with Gasteiger partial charge in [0.05, 0.1) is 5.56 Å². The SMILES string of the molecule is CC1(C)CCN(C(=O)c2ccc(=O)[nH]c2)CCS1. The predicted octanol–water partition coefficient (Wildman–Crippen LogP) is 1.73. The molecule has 18 heavy (non-hydrogen) atoms. The van der Waals surface area contributed by atoms with Gasteiger partial charge in [-0.3, -0.25) is 9.59 Å². The fraction of sp³-hybridized carbons (Fsp3) is 0.538. The maximum atomic E-state index is 12.3. The summed E-state index contributed by atoms with van der Waals surface area (Å²) in [6, 6.07) is 2.98. The van der Waals surface area contributed by atoms with E-state index in [1.54, 1.807) is 6.07 Å². The van der Waals surface area contributed by atoms with E-state index in [0.29, 0.717) is 5.56 Å². The molecule has 0 radical (unpaired) electrons. The minimum Gasteiger partial charge on any atom is -0.338 e. The third kappa shape index (κ3) is 3.16. The molecule has 98 valence electrons. The molecule has 2 rings (SSSR count). The van der Waals surface area contributed by atoms with E-state index in [-0.39, 0.29) is 16.2 Å². The summed E-state index contributed by atoms with van der Waals surface area (Å²) in [5, 5.41) is 0. The molecule has 0 aromatic carbocycles. The summed E-state index contributed by atoms with van der Waals surface area (Å²) >= 11 is 1.91. The quantitative estimate of drug-likeness (QED) is 0.842. The van der Waals surface area contributed by atoms with E-state index in [2.05, 4.69) is 18.8 Å². The van der Waals surface area contributed by atoms with Crippen molar-refractivity contribution in [1.82, 2.24) is 9.88 Å². The van der Waals surface area contributed by atoms with Crippen LogP contribution in [-0.4, -0.2) is 39.4 Å². The van der Waals surface area contributed by atoms with Crippen molar-refractivity contribution in [2.24, 2.45) is 0 Å². The van der Waals surface area contributed by atoms with Crippen LogP contribution in [0.4, 0.5) is 0 Å². The summed E-state index contributed by atoms with van der Waals surface area (Å²) < 4.78 is 0.236. The molecule has 0 spiro atoms. The zero-order valence-corrected chi connectivity index (χ0v) is 11.5. The Labute approximate surface area is 111 Å². The molecule has 1 aromatic rings. The summed E-state index contributed by atoms with van der Waals surface area (Å²) in [5.74, 6) is 0.965. The molecule has 1 aliphatic rings. The van der Waals surface area contributed by atoms with Gasteiger partial charge in [-0.2, -0.15) is 11.8 Å². The maximum Gasteiger partial charge on any atom is 0.255 e. The third-order valence-electron chi connectivity index (χ3n) is 3.16. The monoisotopic (exact) mass is 266 g/mol. The molecular formula is C13H18N2O2S. The number of thioether (sulfide) groups is 1. The second-order valence-electron chi connectivity index (χ2n) is 5.09. The molecule has 0 saturated carbocycles. The second kappa shape index (κ2) is 5.18. The van der Waals surface area contributed by atoms with Crippen LogP contribution in [0, 0.1) is 0 Å². The van der Waals surface area contributed by atoms with Gasteiger partial charge in [-0.15, -0.1) is 0 Å². The number of aromatic amines is 1. The van der Waals surface area contributed by atoms with Crippen LogP contribution < -0.4 is 5.56 Å². The lowest BCUT2D eigenvalue weighted by Gasteiger charge is -2.22. The van der Waals surface area contributed by atoms with E-state index in [0.717, 1.165) is 25.3 Å². The standard InChI is InChI=1S/C13H18N2O2S/c1-13(2)5-6-15(7-8-18-13)12(17)10-3-4-11(16)14-9-10/h3-4,9H,5-8H2,1-2H3,(H,14,16). The van der Waals surface area contributed by atoms with Gasteiger partial charge >= 0.3 is 0 Å². The summed E-state index contributed by atoms with van der Waals surface area (Å²) in [4.78, 5) is 27.7. The van der Waals surface area contributed by atoms with Crippen LogP contribution in [0.15, 0.2) is 23.1 Å². The molecule has 0 bridgehead atoms. The highest BCUT2D eigenvalue weighted by Crippen LogP contribution is 2.30. The Kier molecular flexibility index (Phi) is 3.80. The van der Waals surface area contributed by atoms with E-state index >= 15 is 0 Å². The van der Waals surface area contributed by atoms with Crippen molar-refractivity contribution in [3.05, 3.63) is 34.2 Å². The van der Waals surface area contributed by atoms with Gasteiger partial charge in [-0.25, -0.2) is 0 Å². The highest BCUT2D eigenvalue weighted by Gasteiger charge is 2.26. The predicted molar refractivity (Wildman–Crippen MR) is 74.1 cm³/mol. The normalized spacial score (nSPS) is 19.3. The Morgan fingerprint density at radius 1 is 1.39 bits per heavy atom. The molecular weight excluding hydrogens is 248 g/mol. The van der Waals surface area contributed by atoms with Gasteiger partial charge in [0.2, 0.25) is 5.56 Å². The number of hydrogen-bond donors (Lipinski definition) is 1. The van der Waals surface area contributed by atoms with Crippen molar-refractivity contribution in [1.29, 1.82) is 0 Å². The second-order valence-corrected chi connectivity index (χ2v) is 6.89. The number of nitrogens with one attached hydrogen (secondary N) is 1. The molecule has 0 atom stereocenters. The average Bonchev–Trinajstić information content (AvgIpc) is 2.50. The number of aromatic nitrogens is 1. The largest absolute Gasteiger partial charge is 0.338 e. The molecule has 2 heterocycles. The first-order chi connectivity index (χ1) is 8.48. The molecule has 1 saturated heterocycles. The van der Waals surface area contributed by atoms with E-state index < -0.39 is 0 Å². The first kappa shape index (κ1) is 13.2. The number of H-pyrrole nitrogens is 1. The molecule has 5 heteroatoms. The Morgan fingerprint density at radius 2 is 2.17 bits per heavy atom. The van der Waals surface area contributed by atoms with Gasteiger partial charge in [-0.05, 0) is 12.5 Å². The lowest BCUT2D eigenvalue weighted by Crippen LogP contribution is -2.34. The maximum absolute atomic E-state index is 12.3. The van der Waals surface area contributed by atoms with Crippen molar-refractivity contribution in [2.75, 3.05) is 18.8 Å². The van der Waals surface area contributed by atoms with Gasteiger partial charge in [0.25, 0.3) is 5.91 Å². The first-order valence-electron chi connectivity index (χ1n) is 6.10. The minimum atomic E-state index is -0.181. The first-order valence-corrected chi connectivity index (χ1v) is 7.08. The number of amides is 1. The zero-order chi connectivity index (χ0) is 13.2. The van der Waals surface area contributed by atoms with Crippen LogP contribution in [0.1, 0.15) is 30.6 Å². The summed E-state index contributed by atoms with van der Waals surface area (Å²) in [5.41, 5.74) is 0.374. The molecule has 4 nitrogen and oxygen atoms in total. The lowest BCUT2D eigenvalue weighted by molar-refractivity contribution is 0.0764. The number of hydrogen-bond acceptors (Lipinski definition) is 3. The van der Waals surface area contributed by atoms with Crippen molar-refractivity contribution >= 4 is 17.7 Å². The molecule has 1 aromatic heterocycles. The van der Waals surface area contributed by atoms with Gasteiger partial charge in [-0.1, -0.05) is 13.8 Å². The van der Waals surface area contributed by atoms with Crippen molar-refractivity contribution in [3.63, 3.8) is 0 Å². The van der Waals surface area contributed by atoms with Crippen LogP contribution in [-0.2, 0) is 0 Å². The average molecular weight is 266 g/mol. The van der Waals surface area contributed by atoms with E-state index in [4.69, 9.17) is 0 Å².